The number of imidazole rings is 1. The Morgan fingerprint density at radius 2 is 2.38 bits per heavy atom. The second kappa shape index (κ2) is 4.05. The molecule has 0 aliphatic carbocycles. The first-order valence-electron chi connectivity index (χ1n) is 4.77. The van der Waals surface area contributed by atoms with Crippen LogP contribution in [0.2, 0.25) is 0 Å². The number of fused-ring (bicyclic) bond motifs is 1. The number of pyridine rings is 1. The number of nitrogen functional groups attached to an aromatic ring is 1. The van der Waals surface area contributed by atoms with Crippen molar-refractivity contribution in [3.63, 3.8) is 0 Å². The van der Waals surface area contributed by atoms with Gasteiger partial charge in [0.25, 0.3) is 0 Å². The molecule has 0 saturated carbocycles. The maximum atomic E-state index is 10.5. The van der Waals surface area contributed by atoms with Gasteiger partial charge in [-0.1, -0.05) is 0 Å². The summed E-state index contributed by atoms with van der Waals surface area (Å²) in [5.41, 5.74) is 12.3. The lowest BCUT2D eigenvalue weighted by atomic mass is 10.4. The molecule has 5 N–H and O–H groups in total. The van der Waals surface area contributed by atoms with Crippen molar-refractivity contribution in [1.29, 1.82) is 0 Å². The van der Waals surface area contributed by atoms with E-state index < -0.39 is 6.03 Å². The average molecular weight is 220 g/mol. The highest BCUT2D eigenvalue weighted by Gasteiger charge is 2.07. The molecule has 7 heteroatoms. The standard InChI is InChI=1S/C9H12N6O/c10-8-14-6-5-12-2-1-7(6)15(8)4-3-13-9(11)16/h1-2,5H,3-4H2,(H2,10,14)(H3,11,13,16). The summed E-state index contributed by atoms with van der Waals surface area (Å²) >= 11 is 0. The quantitative estimate of drug-likeness (QED) is 0.658. The van der Waals surface area contributed by atoms with Gasteiger partial charge in [0.1, 0.15) is 5.52 Å². The Morgan fingerprint density at radius 3 is 3.12 bits per heavy atom. The van der Waals surface area contributed by atoms with Crippen molar-refractivity contribution in [3.8, 4) is 0 Å². The summed E-state index contributed by atoms with van der Waals surface area (Å²) in [5.74, 6) is 0.397. The number of amides is 2. The number of carbonyl (C=O) groups excluding carboxylic acids is 1. The lowest BCUT2D eigenvalue weighted by Crippen LogP contribution is -2.32. The fourth-order valence-corrected chi connectivity index (χ4v) is 1.53. The Hall–Kier alpha value is -2.31. The number of hydrogen-bond donors (Lipinski definition) is 3. The molecule has 0 fully saturated rings. The van der Waals surface area contributed by atoms with Crippen LogP contribution in [0.15, 0.2) is 18.5 Å². The Labute approximate surface area is 91.5 Å². The summed E-state index contributed by atoms with van der Waals surface area (Å²) in [4.78, 5) is 18.6. The van der Waals surface area contributed by atoms with Crippen LogP contribution in [0, 0.1) is 0 Å². The number of anilines is 1. The van der Waals surface area contributed by atoms with E-state index >= 15 is 0 Å². The van der Waals surface area contributed by atoms with E-state index in [-0.39, 0.29) is 0 Å². The number of nitrogens with one attached hydrogen (secondary N) is 1. The first-order valence-corrected chi connectivity index (χ1v) is 4.77. The maximum Gasteiger partial charge on any atom is 0.312 e. The monoisotopic (exact) mass is 220 g/mol. The smallest absolute Gasteiger partial charge is 0.312 e. The van der Waals surface area contributed by atoms with Gasteiger partial charge in [0, 0.05) is 19.3 Å². The molecule has 0 radical (unpaired) electrons. The number of nitrogens with two attached hydrogens (primary N) is 2. The van der Waals surface area contributed by atoms with Gasteiger partial charge in [-0.3, -0.25) is 4.98 Å². The molecule has 0 saturated heterocycles. The molecule has 7 nitrogen and oxygen atoms in total. The Balaban J connectivity index is 2.22. The van der Waals surface area contributed by atoms with Crippen molar-refractivity contribution in [2.45, 2.75) is 6.54 Å². The van der Waals surface area contributed by atoms with E-state index in [1.807, 2.05) is 6.07 Å². The largest absolute Gasteiger partial charge is 0.369 e. The average Bonchev–Trinajstić information content (AvgIpc) is 2.55. The molecule has 16 heavy (non-hydrogen) atoms. The zero-order chi connectivity index (χ0) is 11.5. The van der Waals surface area contributed by atoms with E-state index in [2.05, 4.69) is 15.3 Å². The van der Waals surface area contributed by atoms with Gasteiger partial charge in [-0.25, -0.2) is 9.78 Å². The van der Waals surface area contributed by atoms with Gasteiger partial charge in [0.15, 0.2) is 0 Å². The maximum absolute atomic E-state index is 10.5. The van der Waals surface area contributed by atoms with Crippen molar-refractivity contribution >= 4 is 23.0 Å². The molecule has 0 aromatic carbocycles. The van der Waals surface area contributed by atoms with E-state index in [0.29, 0.717) is 19.0 Å². The van der Waals surface area contributed by atoms with Crippen LogP contribution in [-0.4, -0.2) is 27.1 Å². The third-order valence-corrected chi connectivity index (χ3v) is 2.21. The second-order valence-corrected chi connectivity index (χ2v) is 3.28. The topological polar surface area (TPSA) is 112 Å². The number of hydrogen-bond acceptors (Lipinski definition) is 4. The van der Waals surface area contributed by atoms with Crippen LogP contribution >= 0.6 is 0 Å². The van der Waals surface area contributed by atoms with Gasteiger partial charge in [0.05, 0.1) is 11.7 Å². The molecular weight excluding hydrogens is 208 g/mol. The molecule has 0 aliphatic heterocycles. The molecule has 0 atom stereocenters. The van der Waals surface area contributed by atoms with Crippen molar-refractivity contribution < 1.29 is 4.79 Å². The zero-order valence-electron chi connectivity index (χ0n) is 8.55. The van der Waals surface area contributed by atoms with Gasteiger partial charge >= 0.3 is 6.03 Å². The third-order valence-electron chi connectivity index (χ3n) is 2.21. The molecule has 0 unspecified atom stereocenters. The minimum Gasteiger partial charge on any atom is -0.369 e. The molecule has 0 bridgehead atoms. The fraction of sp³-hybridized carbons (Fsp3) is 0.222. The van der Waals surface area contributed by atoms with Crippen LogP contribution in [0.25, 0.3) is 11.0 Å². The van der Waals surface area contributed by atoms with Gasteiger partial charge in [-0.05, 0) is 6.07 Å². The van der Waals surface area contributed by atoms with E-state index in [4.69, 9.17) is 11.5 Å². The molecule has 0 spiro atoms. The van der Waals surface area contributed by atoms with Crippen LogP contribution in [0.3, 0.4) is 0 Å². The van der Waals surface area contributed by atoms with Crippen molar-refractivity contribution in [2.24, 2.45) is 5.73 Å². The predicted molar refractivity (Wildman–Crippen MR) is 59.5 cm³/mol. The summed E-state index contributed by atoms with van der Waals surface area (Å²) in [6.07, 6.45) is 3.31. The third kappa shape index (κ3) is 1.88. The number of urea groups is 1. The SMILES string of the molecule is NC(=O)NCCn1c(N)nc2cnccc21. The lowest BCUT2D eigenvalue weighted by Gasteiger charge is -2.06. The van der Waals surface area contributed by atoms with E-state index in [9.17, 15) is 4.79 Å². The Kier molecular flexibility index (Phi) is 2.59. The molecule has 2 aromatic rings. The van der Waals surface area contributed by atoms with E-state index in [1.165, 1.54) is 0 Å². The van der Waals surface area contributed by atoms with Crippen molar-refractivity contribution in [3.05, 3.63) is 18.5 Å². The minimum atomic E-state index is -0.551. The fourth-order valence-electron chi connectivity index (χ4n) is 1.53. The van der Waals surface area contributed by atoms with Gasteiger partial charge in [0.2, 0.25) is 5.95 Å². The van der Waals surface area contributed by atoms with Gasteiger partial charge in [-0.2, -0.15) is 0 Å². The Bertz CT molecular complexity index is 520. The molecule has 2 amide bonds. The number of rotatable bonds is 3. The predicted octanol–water partition coefficient (Wildman–Crippen LogP) is -0.318. The molecule has 2 rings (SSSR count). The number of primary amides is 1. The number of carbonyl (C=O) groups is 1. The Morgan fingerprint density at radius 1 is 1.56 bits per heavy atom. The van der Waals surface area contributed by atoms with E-state index in [0.717, 1.165) is 11.0 Å². The number of aromatic nitrogens is 3. The summed E-state index contributed by atoms with van der Waals surface area (Å²) in [7, 11) is 0. The van der Waals surface area contributed by atoms with Gasteiger partial charge < -0.3 is 21.4 Å². The normalized spacial score (nSPS) is 10.5. The van der Waals surface area contributed by atoms with Crippen molar-refractivity contribution in [2.75, 3.05) is 12.3 Å². The van der Waals surface area contributed by atoms with Crippen LogP contribution in [0.1, 0.15) is 0 Å². The van der Waals surface area contributed by atoms with E-state index in [1.54, 1.807) is 17.0 Å². The highest BCUT2D eigenvalue weighted by atomic mass is 16.2. The van der Waals surface area contributed by atoms with Crippen LogP contribution in [0.5, 0.6) is 0 Å². The highest BCUT2D eigenvalue weighted by molar-refractivity contribution is 5.77. The van der Waals surface area contributed by atoms with Crippen LogP contribution in [0.4, 0.5) is 10.7 Å². The van der Waals surface area contributed by atoms with Crippen molar-refractivity contribution in [1.82, 2.24) is 19.9 Å². The minimum absolute atomic E-state index is 0.397. The first-order chi connectivity index (χ1) is 7.68. The summed E-state index contributed by atoms with van der Waals surface area (Å²) in [6, 6.07) is 1.27. The summed E-state index contributed by atoms with van der Waals surface area (Å²) < 4.78 is 1.80. The highest BCUT2D eigenvalue weighted by Crippen LogP contribution is 2.15. The molecule has 2 heterocycles. The van der Waals surface area contributed by atoms with Crippen LogP contribution < -0.4 is 16.8 Å². The molecular formula is C9H12N6O. The lowest BCUT2D eigenvalue weighted by molar-refractivity contribution is 0.248. The van der Waals surface area contributed by atoms with Crippen LogP contribution in [-0.2, 0) is 6.54 Å². The molecule has 84 valence electrons. The number of nitrogens with zero attached hydrogens (tertiary/aromatic N) is 3. The molecule has 0 aliphatic rings. The second-order valence-electron chi connectivity index (χ2n) is 3.28. The van der Waals surface area contributed by atoms with Gasteiger partial charge in [-0.15, -0.1) is 0 Å². The summed E-state index contributed by atoms with van der Waals surface area (Å²) in [5, 5.41) is 2.49. The summed E-state index contributed by atoms with van der Waals surface area (Å²) in [6.45, 7) is 0.933. The zero-order valence-corrected chi connectivity index (χ0v) is 8.55. The first kappa shape index (κ1) is 10.2. The molecule has 2 aromatic heterocycles.